The molecule has 23 heavy (non-hydrogen) atoms. The first-order valence-corrected chi connectivity index (χ1v) is 7.42. The number of benzene rings is 1. The molecule has 0 bridgehead atoms. The summed E-state index contributed by atoms with van der Waals surface area (Å²) < 4.78 is 5.21. The van der Waals surface area contributed by atoms with Gasteiger partial charge in [0.25, 0.3) is 5.91 Å². The zero-order chi connectivity index (χ0) is 16.7. The number of nitrogens with zero attached hydrogens (tertiary/aromatic N) is 1. The second-order valence-electron chi connectivity index (χ2n) is 5.20. The highest BCUT2D eigenvalue weighted by atomic mass is 16.3. The third-order valence-electron chi connectivity index (χ3n) is 3.43. The first kappa shape index (κ1) is 16.6. The van der Waals surface area contributed by atoms with Crippen LogP contribution in [0.25, 0.3) is 0 Å². The Balaban J connectivity index is 1.80. The molecule has 122 valence electrons. The molecule has 1 heterocycles. The van der Waals surface area contributed by atoms with E-state index in [9.17, 15) is 9.59 Å². The van der Waals surface area contributed by atoms with Gasteiger partial charge in [0.2, 0.25) is 0 Å². The molecule has 0 unspecified atom stereocenters. The molecule has 0 saturated carbocycles. The van der Waals surface area contributed by atoms with Crippen LogP contribution in [-0.2, 0) is 13.0 Å². The van der Waals surface area contributed by atoms with Crippen LogP contribution in [0.5, 0.6) is 0 Å². The zero-order valence-electron chi connectivity index (χ0n) is 13.3. The average molecular weight is 315 g/mol. The van der Waals surface area contributed by atoms with Gasteiger partial charge in [-0.05, 0) is 36.2 Å². The third-order valence-corrected chi connectivity index (χ3v) is 3.43. The number of hydrogen-bond acceptors (Lipinski definition) is 3. The van der Waals surface area contributed by atoms with Gasteiger partial charge >= 0.3 is 6.03 Å². The van der Waals surface area contributed by atoms with E-state index in [1.165, 1.54) is 0 Å². The minimum atomic E-state index is -0.163. The van der Waals surface area contributed by atoms with E-state index in [2.05, 4.69) is 10.6 Å². The van der Waals surface area contributed by atoms with Crippen molar-refractivity contribution in [2.75, 3.05) is 20.6 Å². The SMILES string of the molecule is CNC(=O)c1cccc(CCNC(=O)N(C)Cc2ccco2)c1. The van der Waals surface area contributed by atoms with Crippen molar-refractivity contribution in [2.24, 2.45) is 0 Å². The molecule has 6 heteroatoms. The van der Waals surface area contributed by atoms with Crippen LogP contribution in [0.1, 0.15) is 21.7 Å². The van der Waals surface area contributed by atoms with E-state index in [0.29, 0.717) is 25.1 Å². The second kappa shape index (κ2) is 8.03. The first-order chi connectivity index (χ1) is 11.1. The van der Waals surface area contributed by atoms with Crippen LogP contribution < -0.4 is 10.6 Å². The fraction of sp³-hybridized carbons (Fsp3) is 0.294. The van der Waals surface area contributed by atoms with Gasteiger partial charge in [-0.15, -0.1) is 0 Å². The van der Waals surface area contributed by atoms with Crippen molar-refractivity contribution in [3.63, 3.8) is 0 Å². The summed E-state index contributed by atoms with van der Waals surface area (Å²) in [6, 6.07) is 10.8. The lowest BCUT2D eigenvalue weighted by atomic mass is 10.1. The molecular formula is C17H21N3O3. The highest BCUT2D eigenvalue weighted by Gasteiger charge is 2.10. The number of carbonyl (C=O) groups excluding carboxylic acids is 2. The molecule has 0 aliphatic heterocycles. The van der Waals surface area contributed by atoms with Crippen molar-refractivity contribution in [3.05, 3.63) is 59.5 Å². The molecule has 0 aliphatic carbocycles. The number of amides is 3. The maximum absolute atomic E-state index is 12.0. The lowest BCUT2D eigenvalue weighted by molar-refractivity contribution is 0.0963. The molecule has 0 spiro atoms. The standard InChI is InChI=1S/C17H21N3O3/c1-18-16(21)14-6-3-5-13(11-14)8-9-19-17(22)20(2)12-15-7-4-10-23-15/h3-7,10-11H,8-9,12H2,1-2H3,(H,18,21)(H,19,22). The maximum Gasteiger partial charge on any atom is 0.317 e. The van der Waals surface area contributed by atoms with E-state index >= 15 is 0 Å². The van der Waals surface area contributed by atoms with Gasteiger partial charge in [-0.3, -0.25) is 4.79 Å². The van der Waals surface area contributed by atoms with Gasteiger partial charge in [0.1, 0.15) is 5.76 Å². The Hall–Kier alpha value is -2.76. The van der Waals surface area contributed by atoms with Crippen LogP contribution in [0.2, 0.25) is 0 Å². The molecule has 0 atom stereocenters. The minimum absolute atomic E-state index is 0.117. The monoisotopic (exact) mass is 315 g/mol. The van der Waals surface area contributed by atoms with E-state index in [0.717, 1.165) is 11.3 Å². The van der Waals surface area contributed by atoms with E-state index in [-0.39, 0.29) is 11.9 Å². The summed E-state index contributed by atoms with van der Waals surface area (Å²) in [6.45, 7) is 0.920. The van der Waals surface area contributed by atoms with Gasteiger partial charge in [0, 0.05) is 26.2 Å². The summed E-state index contributed by atoms with van der Waals surface area (Å²) in [7, 11) is 3.31. The summed E-state index contributed by atoms with van der Waals surface area (Å²) >= 11 is 0. The van der Waals surface area contributed by atoms with Crippen molar-refractivity contribution < 1.29 is 14.0 Å². The molecule has 2 aromatic rings. The van der Waals surface area contributed by atoms with Crippen molar-refractivity contribution in [1.29, 1.82) is 0 Å². The fourth-order valence-corrected chi connectivity index (χ4v) is 2.17. The molecule has 1 aromatic heterocycles. The van der Waals surface area contributed by atoms with Crippen LogP contribution in [-0.4, -0.2) is 37.5 Å². The van der Waals surface area contributed by atoms with Crippen molar-refractivity contribution in [1.82, 2.24) is 15.5 Å². The molecule has 6 nitrogen and oxygen atoms in total. The number of carbonyl (C=O) groups is 2. The van der Waals surface area contributed by atoms with E-state index in [4.69, 9.17) is 4.42 Å². The maximum atomic E-state index is 12.0. The lowest BCUT2D eigenvalue weighted by Crippen LogP contribution is -2.37. The first-order valence-electron chi connectivity index (χ1n) is 7.42. The van der Waals surface area contributed by atoms with Gasteiger partial charge in [-0.25, -0.2) is 4.79 Å². The van der Waals surface area contributed by atoms with Crippen molar-refractivity contribution in [3.8, 4) is 0 Å². The van der Waals surface area contributed by atoms with Crippen LogP contribution in [0.15, 0.2) is 47.1 Å². The van der Waals surface area contributed by atoms with Gasteiger partial charge < -0.3 is 20.0 Å². The quantitative estimate of drug-likeness (QED) is 0.856. The van der Waals surface area contributed by atoms with Gasteiger partial charge in [-0.2, -0.15) is 0 Å². The number of furan rings is 1. The number of urea groups is 1. The summed E-state index contributed by atoms with van der Waals surface area (Å²) in [4.78, 5) is 25.1. The molecule has 0 fully saturated rings. The van der Waals surface area contributed by atoms with Crippen LogP contribution >= 0.6 is 0 Å². The van der Waals surface area contributed by atoms with Gasteiger partial charge in [0.05, 0.1) is 12.8 Å². The molecule has 2 N–H and O–H groups in total. The van der Waals surface area contributed by atoms with Crippen molar-refractivity contribution >= 4 is 11.9 Å². The van der Waals surface area contributed by atoms with E-state index in [1.54, 1.807) is 37.4 Å². The van der Waals surface area contributed by atoms with Crippen LogP contribution in [0.3, 0.4) is 0 Å². The molecule has 1 aromatic carbocycles. The normalized spacial score (nSPS) is 10.2. The number of nitrogens with one attached hydrogen (secondary N) is 2. The summed E-state index contributed by atoms with van der Waals surface area (Å²) in [5.41, 5.74) is 1.62. The number of rotatable bonds is 6. The predicted octanol–water partition coefficient (Wildman–Crippen LogP) is 2.02. The van der Waals surface area contributed by atoms with Crippen LogP contribution in [0, 0.1) is 0 Å². The average Bonchev–Trinajstić information content (AvgIpc) is 3.07. The Morgan fingerprint density at radius 3 is 2.74 bits per heavy atom. The Labute approximate surface area is 135 Å². The smallest absolute Gasteiger partial charge is 0.317 e. The highest BCUT2D eigenvalue weighted by Crippen LogP contribution is 2.06. The molecule has 0 aliphatic rings. The van der Waals surface area contributed by atoms with E-state index < -0.39 is 0 Å². The van der Waals surface area contributed by atoms with Gasteiger partial charge in [0.15, 0.2) is 0 Å². The Kier molecular flexibility index (Phi) is 5.80. The molecule has 2 rings (SSSR count). The predicted molar refractivity (Wildman–Crippen MR) is 87.1 cm³/mol. The number of hydrogen-bond donors (Lipinski definition) is 2. The Morgan fingerprint density at radius 1 is 1.22 bits per heavy atom. The fourth-order valence-electron chi connectivity index (χ4n) is 2.17. The van der Waals surface area contributed by atoms with Gasteiger partial charge in [-0.1, -0.05) is 12.1 Å². The summed E-state index contributed by atoms with van der Waals surface area (Å²) in [5.74, 6) is 0.620. The Bertz CT molecular complexity index is 653. The zero-order valence-corrected chi connectivity index (χ0v) is 13.3. The lowest BCUT2D eigenvalue weighted by Gasteiger charge is -2.16. The Morgan fingerprint density at radius 2 is 2.04 bits per heavy atom. The highest BCUT2D eigenvalue weighted by molar-refractivity contribution is 5.94. The third kappa shape index (κ3) is 4.88. The van der Waals surface area contributed by atoms with E-state index in [1.807, 2.05) is 24.3 Å². The molecule has 3 amide bonds. The molecule has 0 saturated heterocycles. The molecule has 0 radical (unpaired) electrons. The molecular weight excluding hydrogens is 294 g/mol. The van der Waals surface area contributed by atoms with Crippen LogP contribution in [0.4, 0.5) is 4.79 Å². The second-order valence-corrected chi connectivity index (χ2v) is 5.20. The van der Waals surface area contributed by atoms with Crippen molar-refractivity contribution in [2.45, 2.75) is 13.0 Å². The summed E-state index contributed by atoms with van der Waals surface area (Å²) in [5, 5.41) is 5.45. The largest absolute Gasteiger partial charge is 0.467 e. The topological polar surface area (TPSA) is 74.6 Å². The summed E-state index contributed by atoms with van der Waals surface area (Å²) in [6.07, 6.45) is 2.24. The minimum Gasteiger partial charge on any atom is -0.467 e.